The minimum absolute atomic E-state index is 0.142. The van der Waals surface area contributed by atoms with E-state index in [0.717, 1.165) is 17.3 Å². The van der Waals surface area contributed by atoms with Gasteiger partial charge in [-0.3, -0.25) is 5.10 Å². The summed E-state index contributed by atoms with van der Waals surface area (Å²) in [7, 11) is 1.65. The van der Waals surface area contributed by atoms with Crippen molar-refractivity contribution in [2.24, 2.45) is 11.7 Å². The summed E-state index contributed by atoms with van der Waals surface area (Å²) in [5.41, 5.74) is 6.98. The Balaban J connectivity index is 1.97. The van der Waals surface area contributed by atoms with Gasteiger partial charge in [0.25, 0.3) is 0 Å². The first-order valence-electron chi connectivity index (χ1n) is 6.65. The van der Waals surface area contributed by atoms with E-state index in [1.807, 2.05) is 24.3 Å². The van der Waals surface area contributed by atoms with E-state index in [0.29, 0.717) is 18.3 Å². The average Bonchev–Trinajstić information content (AvgIpc) is 2.93. The largest absolute Gasteiger partial charge is 0.497 e. The molecule has 0 spiro atoms. The van der Waals surface area contributed by atoms with E-state index in [1.54, 1.807) is 7.11 Å². The van der Waals surface area contributed by atoms with Crippen LogP contribution in [0.4, 0.5) is 5.69 Å². The smallest absolute Gasteiger partial charge is 0.167 e. The Morgan fingerprint density at radius 3 is 2.90 bits per heavy atom. The van der Waals surface area contributed by atoms with Crippen LogP contribution in [0.25, 0.3) is 0 Å². The molecule has 0 radical (unpaired) electrons. The van der Waals surface area contributed by atoms with Crippen LogP contribution in [0.2, 0.25) is 0 Å². The van der Waals surface area contributed by atoms with Gasteiger partial charge in [0.1, 0.15) is 11.6 Å². The monoisotopic (exact) mass is 275 g/mol. The standard InChI is InChI=1S/C14H21N5O/c1-9(2)13(15)14-17-12(18-19-14)8-16-10-5-4-6-11(7-10)20-3/h4-7,9,13,16H,8,15H2,1-3H3,(H,17,18,19)/t13-/m0/s1. The van der Waals surface area contributed by atoms with Crippen molar-refractivity contribution < 1.29 is 4.74 Å². The first kappa shape index (κ1) is 14.3. The molecule has 0 saturated heterocycles. The van der Waals surface area contributed by atoms with E-state index in [4.69, 9.17) is 10.5 Å². The molecule has 2 rings (SSSR count). The van der Waals surface area contributed by atoms with Gasteiger partial charge in [0, 0.05) is 11.8 Å². The molecular formula is C14H21N5O. The second-order valence-corrected chi connectivity index (χ2v) is 5.00. The van der Waals surface area contributed by atoms with Crippen LogP contribution < -0.4 is 15.8 Å². The van der Waals surface area contributed by atoms with Crippen molar-refractivity contribution in [1.82, 2.24) is 15.2 Å². The fraction of sp³-hybridized carbons (Fsp3) is 0.429. The molecule has 6 nitrogen and oxygen atoms in total. The molecule has 2 aromatic rings. The summed E-state index contributed by atoms with van der Waals surface area (Å²) in [6.45, 7) is 4.66. The normalized spacial score (nSPS) is 12.4. The van der Waals surface area contributed by atoms with Gasteiger partial charge in [-0.2, -0.15) is 5.10 Å². The van der Waals surface area contributed by atoms with Gasteiger partial charge >= 0.3 is 0 Å². The zero-order chi connectivity index (χ0) is 14.5. The zero-order valence-electron chi connectivity index (χ0n) is 12.1. The molecule has 1 atom stereocenters. The van der Waals surface area contributed by atoms with Crippen LogP contribution in [-0.4, -0.2) is 22.3 Å². The molecule has 0 aliphatic heterocycles. The van der Waals surface area contributed by atoms with Gasteiger partial charge < -0.3 is 15.8 Å². The lowest BCUT2D eigenvalue weighted by molar-refractivity contribution is 0.415. The summed E-state index contributed by atoms with van der Waals surface area (Å²) in [5.74, 6) is 2.54. The van der Waals surface area contributed by atoms with Crippen molar-refractivity contribution in [1.29, 1.82) is 0 Å². The highest BCUT2D eigenvalue weighted by Gasteiger charge is 2.15. The number of aromatic amines is 1. The Hall–Kier alpha value is -2.08. The predicted octanol–water partition coefficient (Wildman–Crippen LogP) is 2.08. The summed E-state index contributed by atoms with van der Waals surface area (Å²) in [6, 6.07) is 7.59. The molecule has 0 saturated carbocycles. The molecule has 6 heteroatoms. The van der Waals surface area contributed by atoms with Crippen LogP contribution in [0, 0.1) is 5.92 Å². The number of hydrogen-bond donors (Lipinski definition) is 3. The van der Waals surface area contributed by atoms with E-state index in [2.05, 4.69) is 34.3 Å². The van der Waals surface area contributed by atoms with Gasteiger partial charge in [-0.05, 0) is 18.1 Å². The molecular weight excluding hydrogens is 254 g/mol. The zero-order valence-corrected chi connectivity index (χ0v) is 12.1. The maximum Gasteiger partial charge on any atom is 0.167 e. The molecule has 0 aliphatic carbocycles. The third kappa shape index (κ3) is 3.48. The highest BCUT2D eigenvalue weighted by atomic mass is 16.5. The van der Waals surface area contributed by atoms with Gasteiger partial charge in [-0.15, -0.1) is 0 Å². The number of H-pyrrole nitrogens is 1. The lowest BCUT2D eigenvalue weighted by Crippen LogP contribution is -2.18. The number of benzene rings is 1. The quantitative estimate of drug-likeness (QED) is 0.751. The topological polar surface area (TPSA) is 88.8 Å². The minimum Gasteiger partial charge on any atom is -0.497 e. The second-order valence-electron chi connectivity index (χ2n) is 5.00. The Bertz CT molecular complexity index is 552. The van der Waals surface area contributed by atoms with Crippen molar-refractivity contribution in [3.63, 3.8) is 0 Å². The van der Waals surface area contributed by atoms with Gasteiger partial charge in [0.2, 0.25) is 0 Å². The number of methoxy groups -OCH3 is 1. The van der Waals surface area contributed by atoms with E-state index in [-0.39, 0.29) is 6.04 Å². The summed E-state index contributed by atoms with van der Waals surface area (Å²) in [5, 5.41) is 10.3. The molecule has 1 aromatic heterocycles. The number of nitrogens with zero attached hydrogens (tertiary/aromatic N) is 2. The van der Waals surface area contributed by atoms with E-state index in [1.165, 1.54) is 0 Å². The van der Waals surface area contributed by atoms with E-state index >= 15 is 0 Å². The predicted molar refractivity (Wildman–Crippen MR) is 78.5 cm³/mol. The van der Waals surface area contributed by atoms with Crippen molar-refractivity contribution in [3.05, 3.63) is 35.9 Å². The van der Waals surface area contributed by atoms with Gasteiger partial charge in [-0.25, -0.2) is 4.98 Å². The maximum atomic E-state index is 6.01. The average molecular weight is 275 g/mol. The van der Waals surface area contributed by atoms with Crippen LogP contribution >= 0.6 is 0 Å². The van der Waals surface area contributed by atoms with Crippen molar-refractivity contribution in [2.45, 2.75) is 26.4 Å². The molecule has 0 aliphatic rings. The van der Waals surface area contributed by atoms with Crippen LogP contribution in [0.3, 0.4) is 0 Å². The fourth-order valence-electron chi connectivity index (χ4n) is 1.76. The summed E-state index contributed by atoms with van der Waals surface area (Å²) < 4.78 is 5.18. The maximum absolute atomic E-state index is 6.01. The highest BCUT2D eigenvalue weighted by Crippen LogP contribution is 2.18. The molecule has 1 heterocycles. The van der Waals surface area contributed by atoms with Crippen LogP contribution in [0.5, 0.6) is 5.75 Å². The number of hydrogen-bond acceptors (Lipinski definition) is 5. The van der Waals surface area contributed by atoms with Crippen molar-refractivity contribution >= 4 is 5.69 Å². The van der Waals surface area contributed by atoms with Crippen LogP contribution in [0.1, 0.15) is 31.5 Å². The summed E-state index contributed by atoms with van der Waals surface area (Å²) in [6.07, 6.45) is 0. The van der Waals surface area contributed by atoms with Crippen LogP contribution in [0.15, 0.2) is 24.3 Å². The van der Waals surface area contributed by atoms with Crippen molar-refractivity contribution in [2.75, 3.05) is 12.4 Å². The van der Waals surface area contributed by atoms with E-state index < -0.39 is 0 Å². The molecule has 108 valence electrons. The first-order chi connectivity index (χ1) is 9.60. The lowest BCUT2D eigenvalue weighted by Gasteiger charge is -2.10. The number of rotatable bonds is 6. The summed E-state index contributed by atoms with van der Waals surface area (Å²) >= 11 is 0. The number of ether oxygens (including phenoxy) is 1. The van der Waals surface area contributed by atoms with E-state index in [9.17, 15) is 0 Å². The Labute approximate surface area is 118 Å². The third-order valence-electron chi connectivity index (χ3n) is 3.10. The molecule has 0 unspecified atom stereocenters. The number of nitrogens with one attached hydrogen (secondary N) is 2. The Morgan fingerprint density at radius 1 is 1.40 bits per heavy atom. The van der Waals surface area contributed by atoms with Crippen molar-refractivity contribution in [3.8, 4) is 5.75 Å². The van der Waals surface area contributed by atoms with Gasteiger partial charge in [-0.1, -0.05) is 19.9 Å². The molecule has 4 N–H and O–H groups in total. The highest BCUT2D eigenvalue weighted by molar-refractivity contribution is 5.48. The fourth-order valence-corrected chi connectivity index (χ4v) is 1.76. The second kappa shape index (κ2) is 6.38. The molecule has 1 aromatic carbocycles. The first-order valence-corrected chi connectivity index (χ1v) is 6.65. The Kier molecular flexibility index (Phi) is 4.57. The molecule has 20 heavy (non-hydrogen) atoms. The SMILES string of the molecule is COc1cccc(NCc2nc([C@@H](N)C(C)C)n[nH]2)c1. The Morgan fingerprint density at radius 2 is 2.20 bits per heavy atom. The molecule has 0 bridgehead atoms. The lowest BCUT2D eigenvalue weighted by atomic mass is 10.1. The van der Waals surface area contributed by atoms with Gasteiger partial charge in [0.05, 0.1) is 19.7 Å². The number of nitrogens with two attached hydrogens (primary N) is 1. The molecule has 0 fully saturated rings. The third-order valence-corrected chi connectivity index (χ3v) is 3.10. The van der Waals surface area contributed by atoms with Crippen LogP contribution in [-0.2, 0) is 6.54 Å². The number of aromatic nitrogens is 3. The van der Waals surface area contributed by atoms with Gasteiger partial charge in [0.15, 0.2) is 5.82 Å². The molecule has 0 amide bonds. The summed E-state index contributed by atoms with van der Waals surface area (Å²) in [4.78, 5) is 4.40. The number of anilines is 1. The minimum atomic E-state index is -0.142.